The second-order valence-corrected chi connectivity index (χ2v) is 7.90. The van der Waals surface area contributed by atoms with E-state index in [1.165, 1.54) is 5.56 Å². The fourth-order valence-electron chi connectivity index (χ4n) is 4.00. The zero-order valence-corrected chi connectivity index (χ0v) is 16.3. The Kier molecular flexibility index (Phi) is 5.19. The largest absolute Gasteiger partial charge is 0.423 e. The Labute approximate surface area is 154 Å². The van der Waals surface area contributed by atoms with Crippen LogP contribution in [0.5, 0.6) is 0 Å². The van der Waals surface area contributed by atoms with Crippen molar-refractivity contribution >= 4 is 16.9 Å². The fourth-order valence-corrected chi connectivity index (χ4v) is 4.00. The van der Waals surface area contributed by atoms with Crippen LogP contribution in [0.3, 0.4) is 0 Å². The molecule has 0 spiro atoms. The van der Waals surface area contributed by atoms with E-state index in [9.17, 15) is 9.59 Å². The van der Waals surface area contributed by atoms with Gasteiger partial charge >= 0.3 is 5.63 Å². The Balaban J connectivity index is 2.07. The highest BCUT2D eigenvalue weighted by atomic mass is 16.4. The van der Waals surface area contributed by atoms with Gasteiger partial charge in [-0.3, -0.25) is 9.69 Å². The molecule has 2 heterocycles. The van der Waals surface area contributed by atoms with Crippen LogP contribution in [0.4, 0.5) is 0 Å². The van der Waals surface area contributed by atoms with Crippen LogP contribution in [0.1, 0.15) is 50.3 Å². The van der Waals surface area contributed by atoms with Gasteiger partial charge in [-0.15, -0.1) is 0 Å². The highest BCUT2D eigenvalue weighted by molar-refractivity contribution is 5.84. The van der Waals surface area contributed by atoms with Gasteiger partial charge in [0.25, 0.3) is 0 Å². The van der Waals surface area contributed by atoms with Gasteiger partial charge in [-0.05, 0) is 47.6 Å². The lowest BCUT2D eigenvalue weighted by Gasteiger charge is -2.37. The number of aryl methyl sites for hydroxylation is 1. The van der Waals surface area contributed by atoms with Gasteiger partial charge in [0, 0.05) is 31.1 Å². The van der Waals surface area contributed by atoms with E-state index in [0.29, 0.717) is 24.6 Å². The maximum atomic E-state index is 12.3. The van der Waals surface area contributed by atoms with Gasteiger partial charge in [0.2, 0.25) is 5.91 Å². The molecule has 0 aliphatic carbocycles. The molecule has 1 aromatic heterocycles. The third kappa shape index (κ3) is 3.54. The normalized spacial score (nSPS) is 18.7. The predicted octanol–water partition coefficient (Wildman–Crippen LogP) is 3.18. The summed E-state index contributed by atoms with van der Waals surface area (Å²) in [7, 11) is 0. The lowest BCUT2D eigenvalue weighted by molar-refractivity contribution is -0.131. The van der Waals surface area contributed by atoms with Gasteiger partial charge in [-0.25, -0.2) is 4.79 Å². The first-order valence-electron chi connectivity index (χ1n) is 9.37. The third-order valence-corrected chi connectivity index (χ3v) is 5.20. The van der Waals surface area contributed by atoms with E-state index in [0.717, 1.165) is 23.1 Å². The van der Waals surface area contributed by atoms with Gasteiger partial charge in [0.05, 0.1) is 6.04 Å². The molecule has 140 valence electrons. The number of hydrogen-bond acceptors (Lipinski definition) is 4. The maximum absolute atomic E-state index is 12.3. The number of piperazine rings is 1. The van der Waals surface area contributed by atoms with E-state index in [2.05, 4.69) is 44.0 Å². The van der Waals surface area contributed by atoms with Gasteiger partial charge < -0.3 is 9.73 Å². The predicted molar refractivity (Wildman–Crippen MR) is 103 cm³/mol. The third-order valence-electron chi connectivity index (χ3n) is 5.20. The summed E-state index contributed by atoms with van der Waals surface area (Å²) in [6.45, 7) is 12.5. The molecule has 5 heteroatoms. The summed E-state index contributed by atoms with van der Waals surface area (Å²) >= 11 is 0. The topological polar surface area (TPSA) is 62.6 Å². The molecule has 0 radical (unpaired) electrons. The van der Waals surface area contributed by atoms with Crippen molar-refractivity contribution in [2.75, 3.05) is 13.1 Å². The van der Waals surface area contributed by atoms with E-state index in [1.54, 1.807) is 6.07 Å². The molecule has 1 aromatic carbocycles. The van der Waals surface area contributed by atoms with Crippen molar-refractivity contribution in [2.24, 2.45) is 5.92 Å². The number of fused-ring (bicyclic) bond motifs is 1. The van der Waals surface area contributed by atoms with E-state index in [-0.39, 0.29) is 23.5 Å². The van der Waals surface area contributed by atoms with Gasteiger partial charge in [-0.1, -0.05) is 27.7 Å². The minimum Gasteiger partial charge on any atom is -0.423 e. The van der Waals surface area contributed by atoms with Crippen LogP contribution in [-0.4, -0.2) is 29.9 Å². The molecule has 1 aliphatic heterocycles. The number of nitrogens with one attached hydrogen (secondary N) is 1. The molecule has 1 saturated heterocycles. The molecule has 26 heavy (non-hydrogen) atoms. The molecule has 1 unspecified atom stereocenters. The second kappa shape index (κ2) is 7.23. The molecule has 0 saturated carbocycles. The molecule has 1 fully saturated rings. The molecule has 1 aliphatic rings. The molecule has 1 N–H and O–H groups in total. The second-order valence-electron chi connectivity index (χ2n) is 7.90. The number of benzene rings is 1. The Hall–Kier alpha value is -2.14. The Morgan fingerprint density at radius 1 is 1.19 bits per heavy atom. The monoisotopic (exact) mass is 356 g/mol. The van der Waals surface area contributed by atoms with Crippen LogP contribution >= 0.6 is 0 Å². The van der Waals surface area contributed by atoms with Crippen molar-refractivity contribution in [1.82, 2.24) is 10.2 Å². The summed E-state index contributed by atoms with van der Waals surface area (Å²) in [5.74, 6) is 0.663. The summed E-state index contributed by atoms with van der Waals surface area (Å²) in [5, 5.41) is 3.91. The highest BCUT2D eigenvalue weighted by Crippen LogP contribution is 2.28. The van der Waals surface area contributed by atoms with Gasteiger partial charge in [0.15, 0.2) is 0 Å². The average molecular weight is 356 g/mol. The van der Waals surface area contributed by atoms with Crippen LogP contribution in [0.25, 0.3) is 11.0 Å². The van der Waals surface area contributed by atoms with Crippen molar-refractivity contribution in [2.45, 2.75) is 53.1 Å². The SMILES string of the molecule is Cc1cc2oc(=O)cc(CN3CCNC(=O)C3C(C)C)c2cc1C(C)C. The maximum Gasteiger partial charge on any atom is 0.336 e. The quantitative estimate of drug-likeness (QED) is 0.855. The number of carbonyl (C=O) groups is 1. The van der Waals surface area contributed by atoms with Crippen molar-refractivity contribution in [3.05, 3.63) is 45.3 Å². The van der Waals surface area contributed by atoms with Crippen LogP contribution < -0.4 is 10.9 Å². The van der Waals surface area contributed by atoms with Gasteiger partial charge in [-0.2, -0.15) is 0 Å². The summed E-state index contributed by atoms with van der Waals surface area (Å²) in [4.78, 5) is 26.6. The zero-order chi connectivity index (χ0) is 19.0. The van der Waals surface area contributed by atoms with Crippen molar-refractivity contribution < 1.29 is 9.21 Å². The smallest absolute Gasteiger partial charge is 0.336 e. The Bertz CT molecular complexity index is 883. The number of nitrogens with zero attached hydrogens (tertiary/aromatic N) is 1. The van der Waals surface area contributed by atoms with Crippen molar-refractivity contribution in [1.29, 1.82) is 0 Å². The first-order chi connectivity index (χ1) is 12.3. The number of amides is 1. The van der Waals surface area contributed by atoms with E-state index >= 15 is 0 Å². The number of rotatable bonds is 4. The van der Waals surface area contributed by atoms with Crippen LogP contribution in [0.15, 0.2) is 27.4 Å². The molecular formula is C21H28N2O3. The summed E-state index contributed by atoms with van der Waals surface area (Å²) in [6, 6.07) is 5.49. The van der Waals surface area contributed by atoms with Crippen molar-refractivity contribution in [3.8, 4) is 0 Å². The first-order valence-corrected chi connectivity index (χ1v) is 9.37. The summed E-state index contributed by atoms with van der Waals surface area (Å²) < 4.78 is 5.45. The molecular weight excluding hydrogens is 328 g/mol. The summed E-state index contributed by atoms with van der Waals surface area (Å²) in [6.07, 6.45) is 0. The van der Waals surface area contributed by atoms with Gasteiger partial charge in [0.1, 0.15) is 5.58 Å². The number of carbonyl (C=O) groups excluding carboxylic acids is 1. The zero-order valence-electron chi connectivity index (χ0n) is 16.3. The molecule has 0 bridgehead atoms. The highest BCUT2D eigenvalue weighted by Gasteiger charge is 2.32. The number of hydrogen-bond donors (Lipinski definition) is 1. The minimum atomic E-state index is -0.341. The fraction of sp³-hybridized carbons (Fsp3) is 0.524. The Morgan fingerprint density at radius 3 is 2.58 bits per heavy atom. The van der Waals surface area contributed by atoms with Crippen LogP contribution in [0.2, 0.25) is 0 Å². The molecule has 5 nitrogen and oxygen atoms in total. The van der Waals surface area contributed by atoms with E-state index < -0.39 is 0 Å². The van der Waals surface area contributed by atoms with Crippen molar-refractivity contribution in [3.63, 3.8) is 0 Å². The molecule has 2 aromatic rings. The molecule has 1 atom stereocenters. The van der Waals surface area contributed by atoms with Crippen LogP contribution in [-0.2, 0) is 11.3 Å². The van der Waals surface area contributed by atoms with E-state index in [1.807, 2.05) is 13.0 Å². The lowest BCUT2D eigenvalue weighted by atomic mass is 9.94. The average Bonchev–Trinajstić information content (AvgIpc) is 2.53. The lowest BCUT2D eigenvalue weighted by Crippen LogP contribution is -2.56. The first kappa shape index (κ1) is 18.6. The standard InChI is InChI=1S/C21H28N2O3/c1-12(2)16-10-17-15(9-19(24)26-18(17)8-14(16)5)11-23-7-6-22-21(25)20(23)13(3)4/h8-10,12-13,20H,6-7,11H2,1-5H3,(H,22,25). The van der Waals surface area contributed by atoms with Crippen LogP contribution in [0, 0.1) is 12.8 Å². The Morgan fingerprint density at radius 2 is 1.92 bits per heavy atom. The molecule has 3 rings (SSSR count). The summed E-state index contributed by atoms with van der Waals surface area (Å²) in [5.41, 5.74) is 3.59. The van der Waals surface area contributed by atoms with E-state index in [4.69, 9.17) is 4.42 Å². The molecule has 1 amide bonds. The minimum absolute atomic E-state index is 0.0669.